The molecule has 1 aliphatic rings. The first-order valence-electron chi connectivity index (χ1n) is 4.82. The lowest BCUT2D eigenvalue weighted by molar-refractivity contribution is 0.165. The zero-order valence-electron chi connectivity index (χ0n) is 8.44. The summed E-state index contributed by atoms with van der Waals surface area (Å²) < 4.78 is 11.3. The number of ether oxygens (including phenoxy) is 2. The molecule has 16 heavy (non-hydrogen) atoms. The van der Waals surface area contributed by atoms with Crippen molar-refractivity contribution in [1.82, 2.24) is 0 Å². The predicted octanol–water partition coefficient (Wildman–Crippen LogP) is 0.918. The molecule has 1 atom stereocenters. The lowest BCUT2D eigenvalue weighted by atomic mass is 10.0. The first-order chi connectivity index (χ1) is 7.65. The number of fused-ring (bicyclic) bond motifs is 1. The average Bonchev–Trinajstić information content (AvgIpc) is 2.30. The number of nitrogens with two attached hydrogens (primary N) is 1. The standard InChI is InChI=1S/C10H12BrNO4/c11-5-3-7-10(16-2-1-15-7)8(9(5)14)6(12)4-13/h3,6,13-14H,1-2,4,12H2. The quantitative estimate of drug-likeness (QED) is 0.754. The molecular formula is C10H12BrNO4. The van der Waals surface area contributed by atoms with E-state index in [2.05, 4.69) is 15.9 Å². The number of hydrogen-bond acceptors (Lipinski definition) is 5. The summed E-state index contributed by atoms with van der Waals surface area (Å²) in [6.45, 7) is 0.580. The largest absolute Gasteiger partial charge is 0.506 e. The average molecular weight is 290 g/mol. The van der Waals surface area contributed by atoms with Gasteiger partial charge in [-0.05, 0) is 15.9 Å². The minimum absolute atomic E-state index is 0.0224. The normalized spacial score (nSPS) is 15.9. The highest BCUT2D eigenvalue weighted by Crippen LogP contribution is 2.45. The van der Waals surface area contributed by atoms with Crippen molar-refractivity contribution >= 4 is 15.9 Å². The van der Waals surface area contributed by atoms with Gasteiger partial charge in [0.15, 0.2) is 11.5 Å². The molecule has 2 rings (SSSR count). The molecule has 1 aromatic carbocycles. The fraction of sp³-hybridized carbons (Fsp3) is 0.400. The van der Waals surface area contributed by atoms with E-state index in [0.717, 1.165) is 0 Å². The molecule has 0 saturated carbocycles. The first-order valence-corrected chi connectivity index (χ1v) is 5.62. The molecule has 88 valence electrons. The number of hydrogen-bond donors (Lipinski definition) is 3. The van der Waals surface area contributed by atoms with Crippen LogP contribution >= 0.6 is 15.9 Å². The summed E-state index contributed by atoms with van der Waals surface area (Å²) in [5.74, 6) is 0.911. The van der Waals surface area contributed by atoms with Gasteiger partial charge in [-0.2, -0.15) is 0 Å². The van der Waals surface area contributed by atoms with E-state index in [4.69, 9.17) is 20.3 Å². The van der Waals surface area contributed by atoms with E-state index in [1.165, 1.54) is 0 Å². The third-order valence-corrected chi connectivity index (χ3v) is 2.97. The van der Waals surface area contributed by atoms with E-state index >= 15 is 0 Å². The maximum absolute atomic E-state index is 9.88. The van der Waals surface area contributed by atoms with Crippen LogP contribution in [0.1, 0.15) is 11.6 Å². The highest BCUT2D eigenvalue weighted by atomic mass is 79.9. The van der Waals surface area contributed by atoms with Crippen molar-refractivity contribution in [3.05, 3.63) is 16.1 Å². The van der Waals surface area contributed by atoms with E-state index in [-0.39, 0.29) is 12.4 Å². The minimum atomic E-state index is -0.701. The van der Waals surface area contributed by atoms with Crippen LogP contribution in [0.4, 0.5) is 0 Å². The molecule has 0 aromatic heterocycles. The Bertz CT molecular complexity index is 410. The third kappa shape index (κ3) is 1.83. The summed E-state index contributed by atoms with van der Waals surface area (Å²) in [6, 6.07) is 0.921. The van der Waals surface area contributed by atoms with Crippen LogP contribution in [0.25, 0.3) is 0 Å². The highest BCUT2D eigenvalue weighted by Gasteiger charge is 2.25. The van der Waals surface area contributed by atoms with Gasteiger partial charge in [0.2, 0.25) is 0 Å². The number of rotatable bonds is 2. The van der Waals surface area contributed by atoms with Gasteiger partial charge in [-0.25, -0.2) is 0 Å². The van der Waals surface area contributed by atoms with Crippen molar-refractivity contribution in [2.45, 2.75) is 6.04 Å². The Morgan fingerprint density at radius 3 is 2.81 bits per heavy atom. The van der Waals surface area contributed by atoms with Gasteiger partial charge in [0.05, 0.1) is 22.7 Å². The molecule has 6 heteroatoms. The third-order valence-electron chi connectivity index (χ3n) is 2.36. The van der Waals surface area contributed by atoms with Crippen molar-refractivity contribution in [2.24, 2.45) is 5.73 Å². The van der Waals surface area contributed by atoms with E-state index in [1.54, 1.807) is 6.07 Å². The van der Waals surface area contributed by atoms with Crippen LogP contribution in [-0.2, 0) is 0 Å². The van der Waals surface area contributed by atoms with E-state index in [9.17, 15) is 5.11 Å². The molecule has 1 heterocycles. The first kappa shape index (κ1) is 11.5. The zero-order valence-corrected chi connectivity index (χ0v) is 10.0. The monoisotopic (exact) mass is 289 g/mol. The van der Waals surface area contributed by atoms with Crippen LogP contribution in [-0.4, -0.2) is 30.0 Å². The van der Waals surface area contributed by atoms with E-state index < -0.39 is 6.04 Å². The fourth-order valence-corrected chi connectivity index (χ4v) is 2.03. The smallest absolute Gasteiger partial charge is 0.170 e. The molecule has 0 amide bonds. The van der Waals surface area contributed by atoms with Crippen molar-refractivity contribution in [3.63, 3.8) is 0 Å². The van der Waals surface area contributed by atoms with Gasteiger partial charge in [-0.3, -0.25) is 0 Å². The number of aliphatic hydroxyl groups is 1. The summed E-state index contributed by atoms with van der Waals surface area (Å²) in [7, 11) is 0. The molecule has 5 nitrogen and oxygen atoms in total. The lowest BCUT2D eigenvalue weighted by Crippen LogP contribution is -2.21. The second-order valence-electron chi connectivity index (χ2n) is 3.43. The Morgan fingerprint density at radius 2 is 2.12 bits per heavy atom. The molecule has 1 aromatic rings. The van der Waals surface area contributed by atoms with Crippen LogP contribution < -0.4 is 15.2 Å². The van der Waals surface area contributed by atoms with E-state index in [0.29, 0.717) is 34.7 Å². The predicted molar refractivity (Wildman–Crippen MR) is 60.8 cm³/mol. The number of aromatic hydroxyl groups is 1. The Labute approximate surface area is 101 Å². The van der Waals surface area contributed by atoms with Gasteiger partial charge in [0.1, 0.15) is 19.0 Å². The molecule has 0 fully saturated rings. The lowest BCUT2D eigenvalue weighted by Gasteiger charge is -2.24. The molecule has 0 bridgehead atoms. The van der Waals surface area contributed by atoms with Crippen LogP contribution in [0, 0.1) is 0 Å². The Hall–Kier alpha value is -0.980. The maximum Gasteiger partial charge on any atom is 0.170 e. The Balaban J connectivity index is 2.59. The van der Waals surface area contributed by atoms with Crippen molar-refractivity contribution in [1.29, 1.82) is 0 Å². The number of phenols is 1. The van der Waals surface area contributed by atoms with Gasteiger partial charge in [-0.15, -0.1) is 0 Å². The van der Waals surface area contributed by atoms with Crippen LogP contribution in [0.5, 0.6) is 17.2 Å². The van der Waals surface area contributed by atoms with E-state index in [1.807, 2.05) is 0 Å². The summed E-state index contributed by atoms with van der Waals surface area (Å²) >= 11 is 3.20. The number of halogens is 1. The summed E-state index contributed by atoms with van der Waals surface area (Å²) in [5, 5.41) is 18.9. The van der Waals surface area contributed by atoms with Gasteiger partial charge in [-0.1, -0.05) is 0 Å². The second kappa shape index (κ2) is 4.48. The van der Waals surface area contributed by atoms with Gasteiger partial charge < -0.3 is 25.4 Å². The highest BCUT2D eigenvalue weighted by molar-refractivity contribution is 9.10. The molecule has 4 N–H and O–H groups in total. The maximum atomic E-state index is 9.88. The summed E-state index contributed by atoms with van der Waals surface area (Å²) in [6.07, 6.45) is 0. The molecule has 0 radical (unpaired) electrons. The molecule has 0 aliphatic carbocycles. The van der Waals surface area contributed by atoms with Crippen LogP contribution in [0.3, 0.4) is 0 Å². The van der Waals surface area contributed by atoms with Crippen LogP contribution in [0.2, 0.25) is 0 Å². The van der Waals surface area contributed by atoms with Crippen molar-refractivity contribution in [3.8, 4) is 17.2 Å². The van der Waals surface area contributed by atoms with Crippen molar-refractivity contribution < 1.29 is 19.7 Å². The zero-order chi connectivity index (χ0) is 11.7. The Morgan fingerprint density at radius 1 is 1.44 bits per heavy atom. The van der Waals surface area contributed by atoms with Gasteiger partial charge in [0, 0.05) is 6.07 Å². The molecule has 0 saturated heterocycles. The molecule has 0 spiro atoms. The van der Waals surface area contributed by atoms with Crippen LogP contribution in [0.15, 0.2) is 10.5 Å². The minimum Gasteiger partial charge on any atom is -0.506 e. The SMILES string of the molecule is NC(CO)c1c(O)c(Br)cc2c1OCCO2. The number of benzene rings is 1. The molecule has 1 unspecified atom stereocenters. The number of aliphatic hydroxyl groups excluding tert-OH is 1. The Kier molecular flexibility index (Phi) is 3.22. The molecule has 1 aliphatic heterocycles. The summed E-state index contributed by atoms with van der Waals surface area (Å²) in [5.41, 5.74) is 6.09. The fourth-order valence-electron chi connectivity index (χ4n) is 1.60. The second-order valence-corrected chi connectivity index (χ2v) is 4.29. The van der Waals surface area contributed by atoms with Gasteiger partial charge >= 0.3 is 0 Å². The number of phenolic OH excluding ortho intramolecular Hbond substituents is 1. The molecular weight excluding hydrogens is 278 g/mol. The van der Waals surface area contributed by atoms with Gasteiger partial charge in [0.25, 0.3) is 0 Å². The van der Waals surface area contributed by atoms with Crippen molar-refractivity contribution in [2.75, 3.05) is 19.8 Å². The summed E-state index contributed by atoms with van der Waals surface area (Å²) in [4.78, 5) is 0. The topological polar surface area (TPSA) is 84.9 Å².